The van der Waals surface area contributed by atoms with Gasteiger partial charge in [-0.15, -0.1) is 0 Å². The van der Waals surface area contributed by atoms with Crippen LogP contribution in [0.15, 0.2) is 0 Å². The maximum Gasteiger partial charge on any atom is 0.217 e. The summed E-state index contributed by atoms with van der Waals surface area (Å²) in [7, 11) is 0. The van der Waals surface area contributed by atoms with E-state index in [-0.39, 0.29) is 5.91 Å². The normalized spacial score (nSPS) is 44.0. The molecular weight excluding hydrogens is 174 g/mol. The Kier molecular flexibility index (Phi) is 1.96. The lowest BCUT2D eigenvalue weighted by molar-refractivity contribution is -0.120. The van der Waals surface area contributed by atoms with E-state index in [1.807, 2.05) is 0 Å². The van der Waals surface area contributed by atoms with Gasteiger partial charge in [0, 0.05) is 13.0 Å². The molecule has 14 heavy (non-hydrogen) atoms. The minimum Gasteiger partial charge on any atom is -0.353 e. The quantitative estimate of drug-likeness (QED) is 0.683. The Hall–Kier alpha value is -0.530. The number of carbonyl (C=O) groups is 1. The third-order valence-corrected chi connectivity index (χ3v) is 5.17. The first-order chi connectivity index (χ1) is 6.38. The molecule has 2 nitrogen and oxygen atoms in total. The Labute approximate surface area is 86.5 Å². The smallest absolute Gasteiger partial charge is 0.217 e. The van der Waals surface area contributed by atoms with E-state index in [2.05, 4.69) is 26.1 Å². The summed E-state index contributed by atoms with van der Waals surface area (Å²) in [5, 5.41) is 3.13. The van der Waals surface area contributed by atoms with E-state index >= 15 is 0 Å². The highest BCUT2D eigenvalue weighted by Gasteiger charge is 2.61. The number of amides is 1. The molecule has 1 amide bonds. The van der Waals surface area contributed by atoms with E-state index in [1.54, 1.807) is 6.92 Å². The minimum absolute atomic E-state index is 0.125. The average molecular weight is 195 g/mol. The highest BCUT2D eigenvalue weighted by Crippen LogP contribution is 2.65. The molecule has 80 valence electrons. The van der Waals surface area contributed by atoms with Gasteiger partial charge in [-0.05, 0) is 36.0 Å². The first-order valence-electron chi connectivity index (χ1n) is 5.65. The summed E-state index contributed by atoms with van der Waals surface area (Å²) < 4.78 is 0. The molecule has 2 aliphatic rings. The first-order valence-corrected chi connectivity index (χ1v) is 5.65. The van der Waals surface area contributed by atoms with E-state index in [0.29, 0.717) is 16.9 Å². The Morgan fingerprint density at radius 3 is 2.36 bits per heavy atom. The molecule has 2 aliphatic carbocycles. The number of fused-ring (bicyclic) bond motifs is 2. The molecule has 0 radical (unpaired) electrons. The predicted molar refractivity (Wildman–Crippen MR) is 56.8 cm³/mol. The molecule has 2 heteroatoms. The molecule has 0 spiro atoms. The van der Waals surface area contributed by atoms with Crippen molar-refractivity contribution in [2.75, 3.05) is 0 Å². The lowest BCUT2D eigenvalue weighted by Crippen LogP contribution is -2.46. The minimum atomic E-state index is 0.125. The molecule has 0 aliphatic heterocycles. The van der Waals surface area contributed by atoms with Crippen molar-refractivity contribution in [3.63, 3.8) is 0 Å². The van der Waals surface area contributed by atoms with Crippen molar-refractivity contribution in [2.24, 2.45) is 16.7 Å². The van der Waals surface area contributed by atoms with Gasteiger partial charge in [0.25, 0.3) is 0 Å². The number of hydrogen-bond acceptors (Lipinski definition) is 1. The number of carbonyl (C=O) groups excluding carboxylic acids is 1. The van der Waals surface area contributed by atoms with Crippen molar-refractivity contribution < 1.29 is 4.79 Å². The van der Waals surface area contributed by atoms with Crippen LogP contribution in [0.5, 0.6) is 0 Å². The molecule has 0 aromatic carbocycles. The van der Waals surface area contributed by atoms with Crippen molar-refractivity contribution in [1.29, 1.82) is 0 Å². The van der Waals surface area contributed by atoms with Crippen LogP contribution in [0, 0.1) is 16.7 Å². The predicted octanol–water partition coefficient (Wildman–Crippen LogP) is 2.34. The largest absolute Gasteiger partial charge is 0.353 e. The second-order valence-corrected chi connectivity index (χ2v) is 5.86. The SMILES string of the molecule is CC(=O)N[C@@H]1C[C@@H]2CC[C@@]1(C)C2(C)C. The Morgan fingerprint density at radius 2 is 2.00 bits per heavy atom. The summed E-state index contributed by atoms with van der Waals surface area (Å²) in [5.74, 6) is 0.934. The van der Waals surface area contributed by atoms with Crippen LogP contribution in [0.3, 0.4) is 0 Å². The third kappa shape index (κ3) is 1.06. The molecule has 2 fully saturated rings. The van der Waals surface area contributed by atoms with Crippen LogP contribution in [0.2, 0.25) is 0 Å². The standard InChI is InChI=1S/C12H21NO/c1-8(14)13-10-7-9-5-6-12(10,4)11(9,2)3/h9-10H,5-7H2,1-4H3,(H,13,14)/t9-,10+,12+/m0/s1. The van der Waals surface area contributed by atoms with Crippen LogP contribution in [-0.2, 0) is 4.79 Å². The van der Waals surface area contributed by atoms with Crippen molar-refractivity contribution in [3.05, 3.63) is 0 Å². The zero-order chi connectivity index (χ0) is 10.6. The lowest BCUT2D eigenvalue weighted by atomic mass is 9.69. The number of hydrogen-bond donors (Lipinski definition) is 1. The van der Waals surface area contributed by atoms with Crippen molar-refractivity contribution in [1.82, 2.24) is 5.32 Å². The maximum atomic E-state index is 11.1. The Morgan fingerprint density at radius 1 is 1.36 bits per heavy atom. The molecule has 0 heterocycles. The van der Waals surface area contributed by atoms with Crippen LogP contribution < -0.4 is 5.32 Å². The van der Waals surface area contributed by atoms with E-state index in [4.69, 9.17) is 0 Å². The van der Waals surface area contributed by atoms with Gasteiger partial charge in [-0.1, -0.05) is 20.8 Å². The first kappa shape index (κ1) is 10.0. The summed E-state index contributed by atoms with van der Waals surface area (Å²) in [6, 6.07) is 0.411. The lowest BCUT2D eigenvalue weighted by Gasteiger charge is -2.39. The summed E-state index contributed by atoms with van der Waals surface area (Å²) in [6.45, 7) is 8.71. The van der Waals surface area contributed by atoms with Gasteiger partial charge in [-0.25, -0.2) is 0 Å². The number of rotatable bonds is 1. The highest BCUT2D eigenvalue weighted by atomic mass is 16.1. The van der Waals surface area contributed by atoms with Crippen LogP contribution in [0.25, 0.3) is 0 Å². The Balaban J connectivity index is 2.23. The van der Waals surface area contributed by atoms with Crippen LogP contribution in [-0.4, -0.2) is 11.9 Å². The average Bonchev–Trinajstić information content (AvgIpc) is 2.35. The molecule has 0 saturated heterocycles. The fourth-order valence-corrected chi connectivity index (χ4v) is 3.67. The zero-order valence-electron chi connectivity index (χ0n) is 9.68. The van der Waals surface area contributed by atoms with E-state index in [9.17, 15) is 4.79 Å². The molecule has 3 atom stereocenters. The van der Waals surface area contributed by atoms with Crippen LogP contribution in [0.4, 0.5) is 0 Å². The summed E-state index contributed by atoms with van der Waals surface area (Å²) in [5.41, 5.74) is 0.726. The molecule has 2 bridgehead atoms. The van der Waals surface area contributed by atoms with Crippen molar-refractivity contribution in [2.45, 2.75) is 53.0 Å². The second-order valence-electron chi connectivity index (χ2n) is 5.86. The van der Waals surface area contributed by atoms with E-state index in [1.165, 1.54) is 19.3 Å². The highest BCUT2D eigenvalue weighted by molar-refractivity contribution is 5.73. The van der Waals surface area contributed by atoms with Gasteiger partial charge in [0.15, 0.2) is 0 Å². The fourth-order valence-electron chi connectivity index (χ4n) is 3.67. The molecular formula is C12H21NO. The van der Waals surface area contributed by atoms with E-state index < -0.39 is 0 Å². The third-order valence-electron chi connectivity index (χ3n) is 5.17. The van der Waals surface area contributed by atoms with Crippen molar-refractivity contribution >= 4 is 5.91 Å². The van der Waals surface area contributed by atoms with Crippen LogP contribution in [0.1, 0.15) is 47.0 Å². The topological polar surface area (TPSA) is 29.1 Å². The van der Waals surface area contributed by atoms with Crippen LogP contribution >= 0.6 is 0 Å². The molecule has 2 rings (SSSR count). The molecule has 0 aromatic rings. The molecule has 0 aromatic heterocycles. The van der Waals surface area contributed by atoms with Gasteiger partial charge < -0.3 is 5.32 Å². The van der Waals surface area contributed by atoms with Gasteiger partial charge in [-0.2, -0.15) is 0 Å². The maximum absolute atomic E-state index is 11.1. The monoisotopic (exact) mass is 195 g/mol. The molecule has 2 saturated carbocycles. The molecule has 0 unspecified atom stereocenters. The van der Waals surface area contributed by atoms with Gasteiger partial charge in [-0.3, -0.25) is 4.79 Å². The summed E-state index contributed by atoms with van der Waals surface area (Å²) in [6.07, 6.45) is 3.80. The Bertz CT molecular complexity index is 271. The van der Waals surface area contributed by atoms with Gasteiger partial charge in [0.1, 0.15) is 0 Å². The fraction of sp³-hybridized carbons (Fsp3) is 0.917. The van der Waals surface area contributed by atoms with Gasteiger partial charge in [0.05, 0.1) is 0 Å². The summed E-state index contributed by atoms with van der Waals surface area (Å²) in [4.78, 5) is 11.1. The van der Waals surface area contributed by atoms with Gasteiger partial charge in [0.2, 0.25) is 5.91 Å². The van der Waals surface area contributed by atoms with Gasteiger partial charge >= 0.3 is 0 Å². The van der Waals surface area contributed by atoms with E-state index in [0.717, 1.165) is 5.92 Å². The summed E-state index contributed by atoms with van der Waals surface area (Å²) >= 11 is 0. The van der Waals surface area contributed by atoms with Crippen molar-refractivity contribution in [3.8, 4) is 0 Å². The number of nitrogens with one attached hydrogen (secondary N) is 1. The molecule has 1 N–H and O–H groups in total. The zero-order valence-corrected chi connectivity index (χ0v) is 9.68. The second kappa shape index (κ2) is 2.74.